The Labute approximate surface area is 211 Å². The summed E-state index contributed by atoms with van der Waals surface area (Å²) in [6.45, 7) is 4.30. The van der Waals surface area contributed by atoms with Gasteiger partial charge in [-0.1, -0.05) is 65.7 Å². The van der Waals surface area contributed by atoms with Crippen LogP contribution in [-0.4, -0.2) is 74.2 Å². The molecule has 0 N–H and O–H groups in total. The monoisotopic (exact) mass is 521 g/mol. The maximum Gasteiger partial charge on any atom is 0.244 e. The summed E-state index contributed by atoms with van der Waals surface area (Å²) >= 11 is 12.2. The zero-order chi connectivity index (χ0) is 24.1. The molecular formula is C25H29Cl2N3O3S. The lowest BCUT2D eigenvalue weighted by Crippen LogP contribution is -2.53. The van der Waals surface area contributed by atoms with Gasteiger partial charge in [-0.2, -0.15) is 4.31 Å². The Balaban J connectivity index is 1.32. The number of sulfonamides is 1. The molecule has 2 fully saturated rings. The van der Waals surface area contributed by atoms with Crippen LogP contribution < -0.4 is 0 Å². The molecule has 2 heterocycles. The molecule has 0 aliphatic carbocycles. The van der Waals surface area contributed by atoms with E-state index in [1.165, 1.54) is 22.0 Å². The maximum absolute atomic E-state index is 13.2. The minimum Gasteiger partial charge on any atom is -0.340 e. The van der Waals surface area contributed by atoms with E-state index in [-0.39, 0.29) is 28.3 Å². The van der Waals surface area contributed by atoms with Crippen molar-refractivity contribution in [2.24, 2.45) is 5.92 Å². The number of carbonyl (C=O) groups excluding carboxylic acids is 1. The Kier molecular flexibility index (Phi) is 8.32. The van der Waals surface area contributed by atoms with Gasteiger partial charge in [0.1, 0.15) is 4.90 Å². The summed E-state index contributed by atoms with van der Waals surface area (Å²) in [5, 5.41) is 0.444. The highest BCUT2D eigenvalue weighted by Gasteiger charge is 2.36. The molecule has 0 radical (unpaired) electrons. The van der Waals surface area contributed by atoms with Crippen molar-refractivity contribution in [3.8, 4) is 0 Å². The van der Waals surface area contributed by atoms with Crippen molar-refractivity contribution in [3.05, 3.63) is 70.2 Å². The van der Waals surface area contributed by atoms with Gasteiger partial charge in [0.2, 0.25) is 15.9 Å². The van der Waals surface area contributed by atoms with Crippen LogP contribution in [0, 0.1) is 5.92 Å². The quantitative estimate of drug-likeness (QED) is 0.569. The molecule has 0 saturated carbocycles. The minimum absolute atomic E-state index is 0.00747. The largest absolute Gasteiger partial charge is 0.340 e. The van der Waals surface area contributed by atoms with Crippen LogP contribution in [0.3, 0.4) is 0 Å². The number of piperidine rings is 1. The third-order valence-electron chi connectivity index (χ3n) is 6.40. The van der Waals surface area contributed by atoms with Crippen LogP contribution in [0.2, 0.25) is 10.0 Å². The van der Waals surface area contributed by atoms with Gasteiger partial charge in [-0.3, -0.25) is 9.69 Å². The molecule has 1 amide bonds. The van der Waals surface area contributed by atoms with Crippen LogP contribution in [0.5, 0.6) is 0 Å². The number of hydrogen-bond donors (Lipinski definition) is 0. The molecule has 0 aromatic heterocycles. The molecule has 34 heavy (non-hydrogen) atoms. The maximum atomic E-state index is 13.2. The van der Waals surface area contributed by atoms with Crippen LogP contribution in [0.15, 0.2) is 59.5 Å². The van der Waals surface area contributed by atoms with E-state index in [0.29, 0.717) is 37.5 Å². The highest BCUT2D eigenvalue weighted by Crippen LogP contribution is 2.31. The van der Waals surface area contributed by atoms with Gasteiger partial charge in [0.25, 0.3) is 0 Å². The van der Waals surface area contributed by atoms with Gasteiger partial charge in [-0.15, -0.1) is 0 Å². The lowest BCUT2D eigenvalue weighted by atomic mass is 9.98. The lowest BCUT2D eigenvalue weighted by Gasteiger charge is -2.38. The second-order valence-corrected chi connectivity index (χ2v) is 11.5. The minimum atomic E-state index is -3.82. The highest BCUT2D eigenvalue weighted by molar-refractivity contribution is 7.89. The van der Waals surface area contributed by atoms with E-state index in [9.17, 15) is 13.2 Å². The van der Waals surface area contributed by atoms with Gasteiger partial charge < -0.3 is 4.90 Å². The van der Waals surface area contributed by atoms with Crippen molar-refractivity contribution >= 4 is 45.2 Å². The Morgan fingerprint density at radius 1 is 1.00 bits per heavy atom. The third kappa shape index (κ3) is 6.01. The number of benzene rings is 2. The molecule has 2 aliphatic heterocycles. The van der Waals surface area contributed by atoms with Crippen molar-refractivity contribution in [1.29, 1.82) is 0 Å². The fourth-order valence-electron chi connectivity index (χ4n) is 4.49. The number of amides is 1. The molecule has 2 aromatic rings. The molecule has 2 aromatic carbocycles. The zero-order valence-electron chi connectivity index (χ0n) is 18.9. The van der Waals surface area contributed by atoms with Crippen molar-refractivity contribution in [2.45, 2.75) is 17.7 Å². The first-order valence-electron chi connectivity index (χ1n) is 11.5. The van der Waals surface area contributed by atoms with Gasteiger partial charge in [-0.25, -0.2) is 8.42 Å². The van der Waals surface area contributed by atoms with Gasteiger partial charge in [-0.05, 0) is 36.6 Å². The molecule has 2 saturated heterocycles. The van der Waals surface area contributed by atoms with Crippen molar-refractivity contribution in [3.63, 3.8) is 0 Å². The fraction of sp³-hybridized carbons (Fsp3) is 0.400. The first-order valence-corrected chi connectivity index (χ1v) is 13.7. The summed E-state index contributed by atoms with van der Waals surface area (Å²) in [6, 6.07) is 14.6. The number of carbonyl (C=O) groups is 1. The van der Waals surface area contributed by atoms with Crippen molar-refractivity contribution in [2.75, 3.05) is 45.8 Å². The second-order valence-electron chi connectivity index (χ2n) is 8.72. The molecular weight excluding hydrogens is 493 g/mol. The highest BCUT2D eigenvalue weighted by atomic mass is 35.5. The summed E-state index contributed by atoms with van der Waals surface area (Å²) in [4.78, 5) is 17.4. The second kappa shape index (κ2) is 11.2. The Hall–Kier alpha value is -1.90. The number of halogens is 2. The predicted octanol–water partition coefficient (Wildman–Crippen LogP) is 4.25. The SMILES string of the molecule is O=C([C@@H]1CCCN(S(=O)(=O)c2cc(Cl)ccc2Cl)C1)N1CCN(C/C=C/c2ccccc2)CC1. The molecule has 6 nitrogen and oxygen atoms in total. The van der Waals surface area contributed by atoms with Gasteiger partial charge in [0.15, 0.2) is 0 Å². The molecule has 0 bridgehead atoms. The average molecular weight is 522 g/mol. The van der Waals surface area contributed by atoms with Gasteiger partial charge in [0, 0.05) is 50.8 Å². The molecule has 2 aliphatic rings. The summed E-state index contributed by atoms with van der Waals surface area (Å²) in [5.41, 5.74) is 1.17. The van der Waals surface area contributed by atoms with E-state index >= 15 is 0 Å². The van der Waals surface area contributed by atoms with Crippen LogP contribution in [0.1, 0.15) is 18.4 Å². The van der Waals surface area contributed by atoms with Gasteiger partial charge >= 0.3 is 0 Å². The molecule has 182 valence electrons. The van der Waals surface area contributed by atoms with Crippen molar-refractivity contribution in [1.82, 2.24) is 14.1 Å². The standard InChI is InChI=1S/C25H29Cl2N3O3S/c26-22-10-11-23(27)24(18-22)34(32,33)30-13-5-9-21(19-30)25(31)29-16-14-28(15-17-29)12-4-8-20-6-2-1-3-7-20/h1-4,6-8,10-11,18,21H,5,9,12-17,19H2/b8-4+/t21-/m1/s1. The Bertz CT molecular complexity index is 1130. The van der Waals surface area contributed by atoms with Crippen LogP contribution in [0.25, 0.3) is 6.08 Å². The number of rotatable bonds is 6. The number of nitrogens with zero attached hydrogens (tertiary/aromatic N) is 3. The van der Waals surface area contributed by atoms with E-state index in [2.05, 4.69) is 29.2 Å². The van der Waals surface area contributed by atoms with Crippen LogP contribution >= 0.6 is 23.2 Å². The van der Waals surface area contributed by atoms with E-state index < -0.39 is 10.0 Å². The summed E-state index contributed by atoms with van der Waals surface area (Å²) < 4.78 is 27.8. The molecule has 1 atom stereocenters. The fourth-order valence-corrected chi connectivity index (χ4v) is 6.75. The van der Waals surface area contributed by atoms with Gasteiger partial charge in [0.05, 0.1) is 10.9 Å². The predicted molar refractivity (Wildman–Crippen MR) is 136 cm³/mol. The third-order valence-corrected chi connectivity index (χ3v) is 8.98. The van der Waals surface area contributed by atoms with E-state index in [1.54, 1.807) is 6.07 Å². The van der Waals surface area contributed by atoms with E-state index in [0.717, 1.165) is 19.6 Å². The molecule has 0 unspecified atom stereocenters. The first-order chi connectivity index (χ1) is 16.3. The number of piperazine rings is 1. The normalized spacial score (nSPS) is 20.6. The van der Waals surface area contributed by atoms with E-state index in [1.807, 2.05) is 23.1 Å². The average Bonchev–Trinajstić information content (AvgIpc) is 2.86. The topological polar surface area (TPSA) is 60.9 Å². The molecule has 9 heteroatoms. The van der Waals surface area contributed by atoms with Crippen molar-refractivity contribution < 1.29 is 13.2 Å². The first kappa shape index (κ1) is 25.2. The van der Waals surface area contributed by atoms with Crippen LogP contribution in [0.4, 0.5) is 0 Å². The van der Waals surface area contributed by atoms with Crippen LogP contribution in [-0.2, 0) is 14.8 Å². The summed E-state index contributed by atoms with van der Waals surface area (Å²) in [6.07, 6.45) is 5.59. The Morgan fingerprint density at radius 3 is 2.47 bits per heavy atom. The molecule has 4 rings (SSSR count). The van der Waals surface area contributed by atoms with E-state index in [4.69, 9.17) is 23.2 Å². The molecule has 0 spiro atoms. The lowest BCUT2D eigenvalue weighted by molar-refractivity contribution is -0.138. The summed E-state index contributed by atoms with van der Waals surface area (Å²) in [5.74, 6) is -0.303. The number of hydrogen-bond acceptors (Lipinski definition) is 4. The zero-order valence-corrected chi connectivity index (χ0v) is 21.3. The Morgan fingerprint density at radius 2 is 1.74 bits per heavy atom. The smallest absolute Gasteiger partial charge is 0.244 e. The summed E-state index contributed by atoms with van der Waals surface area (Å²) in [7, 11) is -3.82.